The van der Waals surface area contributed by atoms with Crippen molar-refractivity contribution in [1.82, 2.24) is 9.88 Å². The van der Waals surface area contributed by atoms with Gasteiger partial charge in [-0.25, -0.2) is 0 Å². The third-order valence-electron chi connectivity index (χ3n) is 3.46. The van der Waals surface area contributed by atoms with Crippen molar-refractivity contribution in [3.05, 3.63) is 77.5 Å². The van der Waals surface area contributed by atoms with Crippen LogP contribution in [0.1, 0.15) is 5.56 Å². The van der Waals surface area contributed by atoms with Gasteiger partial charge in [-0.15, -0.1) is 0 Å². The lowest BCUT2D eigenvalue weighted by atomic mass is 10.2. The van der Waals surface area contributed by atoms with Crippen LogP contribution in [-0.4, -0.2) is 32.6 Å². The number of nitrogens with one attached hydrogen (secondary N) is 1. The van der Waals surface area contributed by atoms with E-state index >= 15 is 0 Å². The Labute approximate surface area is 160 Å². The molecule has 26 heavy (non-hydrogen) atoms. The molecule has 1 N–H and O–H groups in total. The minimum atomic E-state index is -0.324. The van der Waals surface area contributed by atoms with Gasteiger partial charge in [0.1, 0.15) is 10.9 Å². The first kappa shape index (κ1) is 18.0. The predicted octanol–water partition coefficient (Wildman–Crippen LogP) is 3.48. The molecule has 1 aromatic heterocycles. The average molecular weight is 381 g/mol. The van der Waals surface area contributed by atoms with Gasteiger partial charge >= 0.3 is 0 Å². The predicted molar refractivity (Wildman–Crippen MR) is 108 cm³/mol. The molecule has 1 aromatic carbocycles. The molecule has 2 aromatic rings. The van der Waals surface area contributed by atoms with Crippen molar-refractivity contribution in [2.75, 3.05) is 11.9 Å². The molecule has 0 bridgehead atoms. The first-order valence-corrected chi connectivity index (χ1v) is 9.03. The molecule has 1 saturated heterocycles. The Morgan fingerprint density at radius 1 is 1.23 bits per heavy atom. The van der Waals surface area contributed by atoms with Crippen LogP contribution in [0.5, 0.6) is 0 Å². The topological polar surface area (TPSA) is 62.3 Å². The van der Waals surface area contributed by atoms with Crippen LogP contribution in [0, 0.1) is 0 Å². The van der Waals surface area contributed by atoms with Gasteiger partial charge in [-0.1, -0.05) is 66.5 Å². The Morgan fingerprint density at radius 2 is 2.04 bits per heavy atom. The van der Waals surface area contributed by atoms with E-state index in [4.69, 9.17) is 12.2 Å². The molecule has 5 nitrogen and oxygen atoms in total. The number of thiocarbonyl (C=S) groups is 1. The summed E-state index contributed by atoms with van der Waals surface area (Å²) in [6, 6.07) is 13.2. The van der Waals surface area contributed by atoms with Crippen LogP contribution in [0.25, 0.3) is 6.08 Å². The van der Waals surface area contributed by atoms with Gasteiger partial charge in [0.15, 0.2) is 0 Å². The summed E-state index contributed by atoms with van der Waals surface area (Å²) in [4.78, 5) is 30.3. The quantitative estimate of drug-likeness (QED) is 0.635. The number of allylic oxidation sites excluding steroid dienone is 2. The normalized spacial score (nSPS) is 15.8. The Bertz CT molecular complexity index is 880. The fraction of sp³-hybridized carbons (Fsp3) is 0.0526. The summed E-state index contributed by atoms with van der Waals surface area (Å²) in [7, 11) is 0. The fourth-order valence-corrected chi connectivity index (χ4v) is 3.45. The third kappa shape index (κ3) is 4.65. The standard InChI is InChI=1S/C19H15N3O2S2/c23-17(21-15-9-5-11-20-12-15)13-22-18(24)16(26-19(22)25)10-4-8-14-6-2-1-3-7-14/h1-12H,13H2,(H,21,23). The zero-order chi connectivity index (χ0) is 18.4. The van der Waals surface area contributed by atoms with Gasteiger partial charge in [0, 0.05) is 6.20 Å². The van der Waals surface area contributed by atoms with Crippen molar-refractivity contribution in [1.29, 1.82) is 0 Å². The fourth-order valence-electron chi connectivity index (χ4n) is 2.24. The number of aromatic nitrogens is 1. The molecule has 1 aliphatic rings. The van der Waals surface area contributed by atoms with E-state index in [2.05, 4.69) is 10.3 Å². The number of benzene rings is 1. The van der Waals surface area contributed by atoms with Crippen LogP contribution in [-0.2, 0) is 9.59 Å². The summed E-state index contributed by atoms with van der Waals surface area (Å²) >= 11 is 6.42. The molecular formula is C19H15N3O2S2. The second kappa shape index (κ2) is 8.55. The van der Waals surface area contributed by atoms with Crippen molar-refractivity contribution < 1.29 is 9.59 Å². The maximum Gasteiger partial charge on any atom is 0.266 e. The van der Waals surface area contributed by atoms with Crippen molar-refractivity contribution in [2.24, 2.45) is 0 Å². The van der Waals surface area contributed by atoms with Crippen LogP contribution in [0.2, 0.25) is 0 Å². The van der Waals surface area contributed by atoms with E-state index < -0.39 is 0 Å². The minimum Gasteiger partial charge on any atom is -0.323 e. The summed E-state index contributed by atoms with van der Waals surface area (Å²) in [6.45, 7) is -0.126. The Kier molecular flexibility index (Phi) is 5.93. The molecule has 1 fully saturated rings. The molecule has 0 unspecified atom stereocenters. The monoisotopic (exact) mass is 381 g/mol. The van der Waals surface area contributed by atoms with Crippen LogP contribution >= 0.6 is 24.0 Å². The van der Waals surface area contributed by atoms with E-state index in [0.717, 1.165) is 5.56 Å². The SMILES string of the molecule is O=C(CN1C(=O)C(=CC=Cc2ccccc2)SC1=S)Nc1cccnc1. The first-order chi connectivity index (χ1) is 12.6. The van der Waals surface area contributed by atoms with Gasteiger partial charge in [0.05, 0.1) is 16.8 Å². The second-order valence-electron chi connectivity index (χ2n) is 5.35. The number of anilines is 1. The molecule has 0 saturated carbocycles. The van der Waals surface area contributed by atoms with E-state index in [-0.39, 0.29) is 18.4 Å². The summed E-state index contributed by atoms with van der Waals surface area (Å²) < 4.78 is 0.371. The van der Waals surface area contributed by atoms with Crippen LogP contribution in [0.3, 0.4) is 0 Å². The smallest absolute Gasteiger partial charge is 0.266 e. The Hall–Kier alpha value is -2.77. The van der Waals surface area contributed by atoms with E-state index in [1.54, 1.807) is 30.5 Å². The molecule has 7 heteroatoms. The zero-order valence-electron chi connectivity index (χ0n) is 13.7. The van der Waals surface area contributed by atoms with Gasteiger partial charge < -0.3 is 5.32 Å². The molecule has 0 aliphatic carbocycles. The van der Waals surface area contributed by atoms with Gasteiger partial charge in [-0.2, -0.15) is 0 Å². The lowest BCUT2D eigenvalue weighted by Gasteiger charge is -2.13. The van der Waals surface area contributed by atoms with Crippen molar-refractivity contribution in [3.63, 3.8) is 0 Å². The summed E-state index contributed by atoms with van der Waals surface area (Å²) in [5.41, 5.74) is 1.61. The number of hydrogen-bond acceptors (Lipinski definition) is 5. The highest BCUT2D eigenvalue weighted by Crippen LogP contribution is 2.30. The molecule has 1 aliphatic heterocycles. The molecule has 0 spiro atoms. The Morgan fingerprint density at radius 3 is 2.77 bits per heavy atom. The molecule has 0 radical (unpaired) electrons. The number of rotatable bonds is 5. The lowest BCUT2D eigenvalue weighted by Crippen LogP contribution is -2.36. The number of hydrogen-bond donors (Lipinski definition) is 1. The van der Waals surface area contributed by atoms with Gasteiger partial charge in [-0.3, -0.25) is 19.5 Å². The number of pyridine rings is 1. The number of carbonyl (C=O) groups is 2. The van der Waals surface area contributed by atoms with Crippen LogP contribution < -0.4 is 5.32 Å². The van der Waals surface area contributed by atoms with Crippen molar-refractivity contribution >= 4 is 51.9 Å². The summed E-state index contributed by atoms with van der Waals surface area (Å²) in [6.07, 6.45) is 8.58. The van der Waals surface area contributed by atoms with Crippen LogP contribution in [0.4, 0.5) is 5.69 Å². The summed E-state index contributed by atoms with van der Waals surface area (Å²) in [5.74, 6) is -0.588. The highest BCUT2D eigenvalue weighted by atomic mass is 32.2. The van der Waals surface area contributed by atoms with E-state index in [0.29, 0.717) is 14.9 Å². The van der Waals surface area contributed by atoms with Crippen molar-refractivity contribution in [3.8, 4) is 0 Å². The van der Waals surface area contributed by atoms with Gasteiger partial charge in [-0.05, 0) is 23.8 Å². The maximum absolute atomic E-state index is 12.5. The summed E-state index contributed by atoms with van der Waals surface area (Å²) in [5, 5.41) is 2.69. The Balaban J connectivity index is 1.62. The van der Waals surface area contributed by atoms with Gasteiger partial charge in [0.2, 0.25) is 5.91 Å². The molecular weight excluding hydrogens is 366 g/mol. The molecule has 0 atom stereocenters. The first-order valence-electron chi connectivity index (χ1n) is 7.80. The molecule has 2 heterocycles. The number of nitrogens with zero attached hydrogens (tertiary/aromatic N) is 2. The molecule has 3 rings (SSSR count). The highest BCUT2D eigenvalue weighted by Gasteiger charge is 2.32. The lowest BCUT2D eigenvalue weighted by molar-refractivity contribution is -0.126. The van der Waals surface area contributed by atoms with E-state index in [9.17, 15) is 9.59 Å². The zero-order valence-corrected chi connectivity index (χ0v) is 15.3. The number of thioether (sulfide) groups is 1. The largest absolute Gasteiger partial charge is 0.323 e. The number of carbonyl (C=O) groups excluding carboxylic acids is 2. The minimum absolute atomic E-state index is 0.126. The van der Waals surface area contributed by atoms with E-state index in [1.165, 1.54) is 22.9 Å². The average Bonchev–Trinajstić information content (AvgIpc) is 2.91. The van der Waals surface area contributed by atoms with Crippen molar-refractivity contribution in [2.45, 2.75) is 0 Å². The third-order valence-corrected chi connectivity index (χ3v) is 4.85. The van der Waals surface area contributed by atoms with Crippen LogP contribution in [0.15, 0.2) is 71.9 Å². The molecule has 2 amide bonds. The van der Waals surface area contributed by atoms with Gasteiger partial charge in [0.25, 0.3) is 5.91 Å². The number of amides is 2. The highest BCUT2D eigenvalue weighted by molar-refractivity contribution is 8.26. The maximum atomic E-state index is 12.5. The van der Waals surface area contributed by atoms with E-state index in [1.807, 2.05) is 36.4 Å². The second-order valence-corrected chi connectivity index (χ2v) is 7.03. The molecule has 130 valence electrons.